The molecule has 1 aromatic heterocycles. The summed E-state index contributed by atoms with van der Waals surface area (Å²) in [6.45, 7) is 4.70. The van der Waals surface area contributed by atoms with E-state index in [1.165, 1.54) is 6.20 Å². The summed E-state index contributed by atoms with van der Waals surface area (Å²) in [7, 11) is 0. The van der Waals surface area contributed by atoms with E-state index in [4.69, 9.17) is 0 Å². The molecule has 18 heavy (non-hydrogen) atoms. The maximum absolute atomic E-state index is 11.0. The van der Waals surface area contributed by atoms with E-state index in [1.54, 1.807) is 12.3 Å². The monoisotopic (exact) mass is 250 g/mol. The van der Waals surface area contributed by atoms with Crippen molar-refractivity contribution in [2.45, 2.75) is 25.8 Å². The minimum Gasteiger partial charge on any atom is -0.362 e. The molecule has 0 amide bonds. The number of nitrogens with zero attached hydrogens (tertiary/aromatic N) is 3. The average Bonchev–Trinajstić information content (AvgIpc) is 2.41. The summed E-state index contributed by atoms with van der Waals surface area (Å²) >= 11 is 0. The van der Waals surface area contributed by atoms with Gasteiger partial charge in [-0.15, -0.1) is 0 Å². The highest BCUT2D eigenvalue weighted by Gasteiger charge is 2.25. The second-order valence-electron chi connectivity index (χ2n) is 4.41. The van der Waals surface area contributed by atoms with Crippen molar-refractivity contribution in [1.82, 2.24) is 10.3 Å². The predicted molar refractivity (Wildman–Crippen MR) is 69.8 cm³/mol. The Morgan fingerprint density at radius 1 is 1.67 bits per heavy atom. The first kappa shape index (κ1) is 12.8. The summed E-state index contributed by atoms with van der Waals surface area (Å²) in [4.78, 5) is 16.6. The lowest BCUT2D eigenvalue weighted by Crippen LogP contribution is -2.46. The van der Waals surface area contributed by atoms with Crippen molar-refractivity contribution in [2.24, 2.45) is 0 Å². The van der Waals surface area contributed by atoms with Crippen molar-refractivity contribution in [2.75, 3.05) is 24.5 Å². The van der Waals surface area contributed by atoms with Crippen LogP contribution in [0.4, 0.5) is 11.4 Å². The Kier molecular flexibility index (Phi) is 4.09. The fourth-order valence-corrected chi connectivity index (χ4v) is 2.49. The number of likely N-dealkylation sites (N-methyl/N-ethyl adjacent to an activating group) is 1. The number of aromatic nitrogens is 1. The van der Waals surface area contributed by atoms with E-state index in [0.717, 1.165) is 32.5 Å². The third kappa shape index (κ3) is 2.59. The van der Waals surface area contributed by atoms with Gasteiger partial charge >= 0.3 is 5.69 Å². The average molecular weight is 250 g/mol. The van der Waals surface area contributed by atoms with Crippen LogP contribution in [0.5, 0.6) is 0 Å². The molecule has 1 aromatic rings. The number of nitrogens with one attached hydrogen (secondary N) is 1. The zero-order valence-electron chi connectivity index (χ0n) is 10.5. The minimum absolute atomic E-state index is 0.0879. The number of anilines is 1. The van der Waals surface area contributed by atoms with E-state index < -0.39 is 0 Å². The first-order valence-corrected chi connectivity index (χ1v) is 6.29. The van der Waals surface area contributed by atoms with E-state index in [9.17, 15) is 10.1 Å². The molecule has 0 radical (unpaired) electrons. The molecule has 1 unspecified atom stereocenters. The highest BCUT2D eigenvalue weighted by atomic mass is 16.6. The fourth-order valence-electron chi connectivity index (χ4n) is 2.49. The number of hydrogen-bond acceptors (Lipinski definition) is 5. The Morgan fingerprint density at radius 2 is 2.50 bits per heavy atom. The van der Waals surface area contributed by atoms with Crippen LogP contribution in [0.2, 0.25) is 0 Å². The van der Waals surface area contributed by atoms with Crippen molar-refractivity contribution < 1.29 is 4.92 Å². The SMILES string of the molecule is CCN(c1ccncc1[N+](=O)[O-])C1CCCNC1. The Hall–Kier alpha value is -1.69. The van der Waals surface area contributed by atoms with Crippen LogP contribution in [-0.4, -0.2) is 35.6 Å². The summed E-state index contributed by atoms with van der Waals surface area (Å²) in [5.41, 5.74) is 0.760. The third-order valence-electron chi connectivity index (χ3n) is 3.34. The Labute approximate surface area is 106 Å². The number of pyridine rings is 1. The number of rotatable bonds is 4. The van der Waals surface area contributed by atoms with Gasteiger partial charge in [0.05, 0.1) is 4.92 Å². The summed E-state index contributed by atoms with van der Waals surface area (Å²) in [6, 6.07) is 2.06. The van der Waals surface area contributed by atoms with Gasteiger partial charge in [0.2, 0.25) is 0 Å². The molecular weight excluding hydrogens is 232 g/mol. The quantitative estimate of drug-likeness (QED) is 0.648. The highest BCUT2D eigenvalue weighted by Crippen LogP contribution is 2.29. The van der Waals surface area contributed by atoms with Crippen molar-refractivity contribution in [3.05, 3.63) is 28.6 Å². The van der Waals surface area contributed by atoms with Crippen LogP contribution in [0.15, 0.2) is 18.5 Å². The van der Waals surface area contributed by atoms with E-state index in [-0.39, 0.29) is 10.6 Å². The Morgan fingerprint density at radius 3 is 3.11 bits per heavy atom. The van der Waals surface area contributed by atoms with Crippen LogP contribution >= 0.6 is 0 Å². The van der Waals surface area contributed by atoms with Gasteiger partial charge in [0, 0.05) is 25.3 Å². The molecule has 6 nitrogen and oxygen atoms in total. The van der Waals surface area contributed by atoms with Gasteiger partial charge < -0.3 is 10.2 Å². The topological polar surface area (TPSA) is 71.3 Å². The molecule has 1 fully saturated rings. The van der Waals surface area contributed by atoms with Gasteiger partial charge in [-0.25, -0.2) is 0 Å². The zero-order chi connectivity index (χ0) is 13.0. The molecule has 1 aliphatic rings. The second kappa shape index (κ2) is 5.77. The molecule has 1 aliphatic heterocycles. The molecule has 0 aromatic carbocycles. The number of nitro groups is 1. The Balaban J connectivity index is 2.28. The van der Waals surface area contributed by atoms with Crippen molar-refractivity contribution in [3.63, 3.8) is 0 Å². The lowest BCUT2D eigenvalue weighted by atomic mass is 10.0. The van der Waals surface area contributed by atoms with Gasteiger partial charge in [-0.3, -0.25) is 15.1 Å². The fraction of sp³-hybridized carbons (Fsp3) is 0.583. The maximum atomic E-state index is 11.0. The molecule has 2 rings (SSSR count). The zero-order valence-corrected chi connectivity index (χ0v) is 10.5. The summed E-state index contributed by atoms with van der Waals surface area (Å²) in [5, 5.41) is 14.4. The van der Waals surface area contributed by atoms with Crippen LogP contribution in [-0.2, 0) is 0 Å². The Bertz CT molecular complexity index is 418. The molecule has 0 bridgehead atoms. The maximum Gasteiger partial charge on any atom is 0.310 e. The van der Waals surface area contributed by atoms with Crippen LogP contribution in [0, 0.1) is 10.1 Å². The van der Waals surface area contributed by atoms with E-state index >= 15 is 0 Å². The van der Waals surface area contributed by atoms with Crippen molar-refractivity contribution >= 4 is 11.4 Å². The highest BCUT2D eigenvalue weighted by molar-refractivity contribution is 5.62. The number of piperidine rings is 1. The molecule has 1 N–H and O–H groups in total. The standard InChI is InChI=1S/C12H18N4O2/c1-2-15(10-4-3-6-13-8-10)11-5-7-14-9-12(11)16(17)18/h5,7,9-10,13H,2-4,6,8H2,1H3. The lowest BCUT2D eigenvalue weighted by molar-refractivity contribution is -0.384. The molecule has 1 saturated heterocycles. The summed E-state index contributed by atoms with van der Waals surface area (Å²) in [5.74, 6) is 0. The van der Waals surface area contributed by atoms with Gasteiger partial charge in [0.1, 0.15) is 11.9 Å². The first-order chi connectivity index (χ1) is 8.74. The van der Waals surface area contributed by atoms with Crippen molar-refractivity contribution in [1.29, 1.82) is 0 Å². The van der Waals surface area contributed by atoms with Gasteiger partial charge in [-0.1, -0.05) is 0 Å². The molecule has 0 aliphatic carbocycles. The second-order valence-corrected chi connectivity index (χ2v) is 4.41. The van der Waals surface area contributed by atoms with E-state index in [0.29, 0.717) is 11.7 Å². The summed E-state index contributed by atoms with van der Waals surface area (Å²) < 4.78 is 0. The molecule has 98 valence electrons. The van der Waals surface area contributed by atoms with E-state index in [2.05, 4.69) is 15.2 Å². The third-order valence-corrected chi connectivity index (χ3v) is 3.34. The molecule has 6 heteroatoms. The van der Waals surface area contributed by atoms with Gasteiger partial charge in [-0.05, 0) is 32.4 Å². The summed E-state index contributed by atoms with van der Waals surface area (Å²) in [6.07, 6.45) is 5.12. The molecular formula is C12H18N4O2. The lowest BCUT2D eigenvalue weighted by Gasteiger charge is -2.35. The normalized spacial score (nSPS) is 19.5. The van der Waals surface area contributed by atoms with Crippen LogP contribution < -0.4 is 10.2 Å². The van der Waals surface area contributed by atoms with Gasteiger partial charge in [0.25, 0.3) is 0 Å². The van der Waals surface area contributed by atoms with E-state index in [1.807, 2.05) is 6.92 Å². The molecule has 0 saturated carbocycles. The van der Waals surface area contributed by atoms with Crippen LogP contribution in [0.1, 0.15) is 19.8 Å². The molecule has 1 atom stereocenters. The van der Waals surface area contributed by atoms with Gasteiger partial charge in [0.15, 0.2) is 0 Å². The van der Waals surface area contributed by atoms with Gasteiger partial charge in [-0.2, -0.15) is 0 Å². The number of hydrogen-bond donors (Lipinski definition) is 1. The minimum atomic E-state index is -0.360. The first-order valence-electron chi connectivity index (χ1n) is 6.29. The smallest absolute Gasteiger partial charge is 0.310 e. The largest absolute Gasteiger partial charge is 0.362 e. The van der Waals surface area contributed by atoms with Crippen molar-refractivity contribution in [3.8, 4) is 0 Å². The molecule has 0 spiro atoms. The molecule has 2 heterocycles. The van der Waals surface area contributed by atoms with Crippen LogP contribution in [0.25, 0.3) is 0 Å². The predicted octanol–water partition coefficient (Wildman–Crippen LogP) is 1.57. The van der Waals surface area contributed by atoms with Crippen LogP contribution in [0.3, 0.4) is 0 Å².